The van der Waals surface area contributed by atoms with Gasteiger partial charge in [-0.15, -0.1) is 0 Å². The number of nitrogens with one attached hydrogen (secondary N) is 2. The molecular weight excluding hydrogens is 1490 g/mol. The van der Waals surface area contributed by atoms with Gasteiger partial charge in [0, 0.05) is 167 Å². The number of hydrogen-bond acceptors (Lipinski definition) is 22. The Bertz CT molecular complexity index is 5530. The number of imidazole rings is 4. The van der Waals surface area contributed by atoms with Gasteiger partial charge >= 0.3 is 0 Å². The van der Waals surface area contributed by atoms with Crippen molar-refractivity contribution < 1.29 is 19.2 Å². The first kappa shape index (κ1) is 85.1. The van der Waals surface area contributed by atoms with Crippen LogP contribution < -0.4 is 30.2 Å². The third kappa shape index (κ3) is 21.6. The number of aldehydes is 1. The summed E-state index contributed by atoms with van der Waals surface area (Å²) >= 11 is 0. The molecule has 0 saturated carbocycles. The van der Waals surface area contributed by atoms with Crippen molar-refractivity contribution in [2.75, 3.05) is 153 Å². The highest BCUT2D eigenvalue weighted by Gasteiger charge is 2.33. The molecule has 119 heavy (non-hydrogen) atoms. The standard InChI is InChI=1S/C23H28N6O.C23H30N6.C23H25N5O.C16H20N4O.C7H7NO.CH4/c1-16-5-4-8-24-23(16)19-14-17(30)13-18(25-19)20-15-29-21(26-20)6-3-7-22(29)28-11-9-27(2)10-12-28;1-17-6-5-11-24-23(17)19-8-3-7-18(25-19)20-16-29-21(26-20)9-4-10-22(29)28-14-12-27(2)13-15-28;1-18-5-4-12-24-21(18)11-10-20(29)9-8-19-17-28-22(25-19)6-3-7-23(28)27-15-13-26(2)14-16-27;1-13(21)6-7-14-12-20-15(17-14)4-3-5-16(20)19-10-8-18(2)9-11-19;1-6-3-2-4-8-7(6)5-9;/h3-8,15,18-19,25H,9-14H2,1-2H3;4-6,9-11,16,18-19,25H,3,7-8,12-15H2,1-2H3;3-12,17H,13-16H2,1-2H3;3-7,12H,8-11H2,1-2H3;2-5H,1H3;1H4/b;;9-8+,11-10+;7-6+;;. The number of pyridine rings is 8. The molecule has 6 saturated heterocycles. The molecule has 4 unspecified atom stereocenters. The molecule has 4 atom stereocenters. The van der Waals surface area contributed by atoms with Gasteiger partial charge < -0.3 is 44.5 Å². The molecule has 0 bridgehead atoms. The molecule has 12 aromatic heterocycles. The van der Waals surface area contributed by atoms with Crippen molar-refractivity contribution in [2.45, 2.75) is 98.3 Å². The van der Waals surface area contributed by atoms with Crippen molar-refractivity contribution in [1.82, 2.24) is 87.7 Å². The van der Waals surface area contributed by atoms with Crippen LogP contribution in [0, 0.1) is 27.7 Å². The summed E-state index contributed by atoms with van der Waals surface area (Å²) in [7, 11) is 8.67. The number of anilines is 4. The summed E-state index contributed by atoms with van der Waals surface area (Å²) in [6, 6.07) is 41.1. The summed E-state index contributed by atoms with van der Waals surface area (Å²) in [5.74, 6) is 4.92. The lowest BCUT2D eigenvalue weighted by Crippen LogP contribution is -2.45. The second-order valence-corrected chi connectivity index (χ2v) is 31.6. The van der Waals surface area contributed by atoms with Gasteiger partial charge in [-0.2, -0.15) is 0 Å². The number of Topliss-reactive ketones (excluding diaryl/α,β-unsaturated/α-hetero) is 1. The highest BCUT2D eigenvalue weighted by atomic mass is 16.1. The Hall–Kier alpha value is -11.8. The van der Waals surface area contributed by atoms with Gasteiger partial charge in [0.15, 0.2) is 17.9 Å². The van der Waals surface area contributed by atoms with Gasteiger partial charge in [0.1, 0.15) is 57.3 Å². The first-order valence-corrected chi connectivity index (χ1v) is 41.3. The lowest BCUT2D eigenvalue weighted by molar-refractivity contribution is -0.122. The Morgan fingerprint density at radius 3 is 1.15 bits per heavy atom. The van der Waals surface area contributed by atoms with Crippen LogP contribution in [0.2, 0.25) is 0 Å². The minimum Gasteiger partial charge on any atom is -0.355 e. The van der Waals surface area contributed by atoms with E-state index >= 15 is 0 Å². The molecule has 0 spiro atoms. The van der Waals surface area contributed by atoms with Crippen molar-refractivity contribution in [3.8, 4) is 0 Å². The zero-order valence-electron chi connectivity index (χ0n) is 69.4. The predicted octanol–water partition coefficient (Wildman–Crippen LogP) is 12.5. The van der Waals surface area contributed by atoms with Crippen molar-refractivity contribution >= 4 is 87.7 Å². The summed E-state index contributed by atoms with van der Waals surface area (Å²) in [6.07, 6.45) is 30.4. The van der Waals surface area contributed by atoms with Crippen LogP contribution in [0.25, 0.3) is 40.8 Å². The smallest absolute Gasteiger partial charge is 0.178 e. The molecule has 0 radical (unpaired) electrons. The monoisotopic (exact) mass is 1600 g/mol. The van der Waals surface area contributed by atoms with E-state index in [9.17, 15) is 19.2 Å². The van der Waals surface area contributed by atoms with E-state index in [-0.39, 0.29) is 42.9 Å². The number of nitrogens with zero attached hydrogens (tertiary/aromatic N) is 20. The first-order chi connectivity index (χ1) is 57.3. The number of piperazine rings is 4. The largest absolute Gasteiger partial charge is 0.355 e. The normalized spacial score (nSPS) is 19.1. The van der Waals surface area contributed by atoms with Gasteiger partial charge in [-0.05, 0) is 214 Å². The van der Waals surface area contributed by atoms with Gasteiger partial charge in [-0.1, -0.05) is 56.0 Å². The quantitative estimate of drug-likeness (QED) is 0.0716. The Balaban J connectivity index is 0.000000133. The number of likely N-dealkylation sites (N-methyl/N-ethyl adjacent to an activating group) is 4. The molecule has 0 aliphatic carbocycles. The summed E-state index contributed by atoms with van der Waals surface area (Å²) in [6.45, 7) is 26.3. The van der Waals surface area contributed by atoms with E-state index in [2.05, 4.69) is 193 Å². The average molecular weight is 1600 g/mol. The van der Waals surface area contributed by atoms with Crippen LogP contribution in [0.5, 0.6) is 0 Å². The number of piperidine rings is 2. The Kier molecular flexibility index (Phi) is 28.7. The van der Waals surface area contributed by atoms with Crippen LogP contribution in [0.4, 0.5) is 23.3 Å². The molecule has 12 aromatic rings. The molecule has 6 fully saturated rings. The number of carbonyl (C=O) groups is 4. The Labute approximate surface area is 698 Å². The number of aryl methyl sites for hydroxylation is 4. The molecule has 2 N–H and O–H groups in total. The van der Waals surface area contributed by atoms with Gasteiger partial charge in [-0.25, -0.2) is 19.9 Å². The minimum absolute atomic E-state index is 0. The maximum atomic E-state index is 12.6. The van der Waals surface area contributed by atoms with Crippen LogP contribution in [0.3, 0.4) is 0 Å². The van der Waals surface area contributed by atoms with E-state index in [1.165, 1.54) is 35.4 Å². The van der Waals surface area contributed by atoms with Crippen LogP contribution in [-0.2, 0) is 14.4 Å². The molecule has 18 rings (SSSR count). The van der Waals surface area contributed by atoms with Crippen LogP contribution in [-0.4, -0.2) is 234 Å². The van der Waals surface area contributed by atoms with Gasteiger partial charge in [0.25, 0.3) is 0 Å². The number of allylic oxidation sites excluding steroid dienone is 3. The van der Waals surface area contributed by atoms with Gasteiger partial charge in [0.2, 0.25) is 0 Å². The maximum absolute atomic E-state index is 12.6. The fourth-order valence-corrected chi connectivity index (χ4v) is 16.0. The van der Waals surface area contributed by atoms with E-state index in [0.29, 0.717) is 24.6 Å². The molecule has 26 heteroatoms. The van der Waals surface area contributed by atoms with E-state index < -0.39 is 0 Å². The third-order valence-corrected chi connectivity index (χ3v) is 22.9. The second kappa shape index (κ2) is 40.1. The van der Waals surface area contributed by atoms with Crippen molar-refractivity contribution in [3.05, 3.63) is 257 Å². The van der Waals surface area contributed by atoms with E-state index in [1.807, 2.05) is 112 Å². The van der Waals surface area contributed by atoms with E-state index in [0.717, 1.165) is 209 Å². The summed E-state index contributed by atoms with van der Waals surface area (Å²) in [4.78, 5) is 101. The lowest BCUT2D eigenvalue weighted by Gasteiger charge is -2.34. The van der Waals surface area contributed by atoms with Gasteiger partial charge in [0.05, 0.1) is 64.0 Å². The number of carbonyl (C=O) groups excluding carboxylic acids is 4. The first-order valence-electron chi connectivity index (χ1n) is 41.3. The third-order valence-electron chi connectivity index (χ3n) is 22.9. The lowest BCUT2D eigenvalue weighted by atomic mass is 9.92. The molecule has 0 amide bonds. The summed E-state index contributed by atoms with van der Waals surface area (Å²) in [5.41, 5.74) is 15.2. The predicted molar refractivity (Wildman–Crippen MR) is 476 cm³/mol. The molecule has 6 aliphatic heterocycles. The Morgan fingerprint density at radius 2 is 0.739 bits per heavy atom. The number of ketones is 3. The highest BCUT2D eigenvalue weighted by Crippen LogP contribution is 2.36. The van der Waals surface area contributed by atoms with Crippen LogP contribution >= 0.6 is 0 Å². The van der Waals surface area contributed by atoms with Crippen molar-refractivity contribution in [3.63, 3.8) is 0 Å². The maximum Gasteiger partial charge on any atom is 0.178 e. The molecule has 26 nitrogen and oxygen atoms in total. The fraction of sp³-hybridized carbons (Fsp3) is 0.376. The zero-order valence-corrected chi connectivity index (χ0v) is 69.4. The van der Waals surface area contributed by atoms with Gasteiger partial charge in [-0.3, -0.25) is 62.0 Å². The Morgan fingerprint density at radius 1 is 0.387 bits per heavy atom. The average Bonchev–Trinajstić information content (AvgIpc) is 1.67. The number of hydrogen-bond donors (Lipinski definition) is 2. The minimum atomic E-state index is -0.0992. The number of aromatic nitrogens is 12. The molecule has 620 valence electrons. The molecular formula is C93H114N22O4. The molecule has 18 heterocycles. The van der Waals surface area contributed by atoms with E-state index in [4.69, 9.17) is 9.97 Å². The molecule has 6 aliphatic rings. The van der Waals surface area contributed by atoms with Crippen LogP contribution in [0.15, 0.2) is 189 Å². The van der Waals surface area contributed by atoms with E-state index in [1.54, 1.807) is 55.9 Å². The molecule has 0 aromatic carbocycles. The number of fused-ring (bicyclic) bond motifs is 4. The highest BCUT2D eigenvalue weighted by molar-refractivity contribution is 6.04. The van der Waals surface area contributed by atoms with Crippen molar-refractivity contribution in [1.29, 1.82) is 0 Å². The fourth-order valence-electron chi connectivity index (χ4n) is 16.0. The number of rotatable bonds is 15. The SMILES string of the molecule is C.CC(=O)/C=C/c1cn2c(N3CCN(C)CC3)cccc2n1.Cc1cccnc1/C=C/C(=O)/C=C/c1cn2c(N3CCN(C)CC3)cccc2n1.Cc1cccnc1C1CC(=O)CC(c2cn3c(N4CCN(C)CC4)cccc3n2)N1.Cc1cccnc1C1CCCC(c2cn3c(N4CCN(C)CC4)cccc3n2)N1.Cc1cccnc1C=O. The zero-order chi connectivity index (χ0) is 82.2. The van der Waals surface area contributed by atoms with Crippen LogP contribution in [0.1, 0.15) is 143 Å². The summed E-state index contributed by atoms with van der Waals surface area (Å²) in [5, 5.41) is 7.48. The second-order valence-electron chi connectivity index (χ2n) is 31.6. The summed E-state index contributed by atoms with van der Waals surface area (Å²) < 4.78 is 8.65. The van der Waals surface area contributed by atoms with Crippen molar-refractivity contribution in [2.24, 2.45) is 0 Å². The topological polar surface area (TPSA) is 239 Å².